The molecular weight excluding hydrogens is 156 g/mol. The fourth-order valence-corrected chi connectivity index (χ4v) is 2.36. The van der Waals surface area contributed by atoms with Crippen molar-refractivity contribution in [3.8, 4) is 0 Å². The van der Waals surface area contributed by atoms with Gasteiger partial charge in [0.2, 0.25) is 0 Å². The zero-order valence-electron chi connectivity index (χ0n) is 10.2. The SMILES string of the molecule is CCCCCC(CC)(CC)CCC. The average Bonchev–Trinajstić information content (AvgIpc) is 2.17. The first-order chi connectivity index (χ1) is 6.24. The van der Waals surface area contributed by atoms with Crippen LogP contribution in [0.2, 0.25) is 0 Å². The van der Waals surface area contributed by atoms with Crippen molar-refractivity contribution < 1.29 is 0 Å². The molecule has 0 heterocycles. The summed E-state index contributed by atoms with van der Waals surface area (Å²) in [6.45, 7) is 9.34. The van der Waals surface area contributed by atoms with E-state index in [1.54, 1.807) is 0 Å². The van der Waals surface area contributed by atoms with Crippen LogP contribution in [-0.4, -0.2) is 0 Å². The Balaban J connectivity index is 3.89. The lowest BCUT2D eigenvalue weighted by Gasteiger charge is -2.31. The third kappa shape index (κ3) is 4.69. The molecule has 0 saturated heterocycles. The Kier molecular flexibility index (Phi) is 7.41. The van der Waals surface area contributed by atoms with E-state index in [1.807, 2.05) is 0 Å². The highest BCUT2D eigenvalue weighted by Crippen LogP contribution is 2.37. The first kappa shape index (κ1) is 13.0. The molecule has 0 rings (SSSR count). The average molecular weight is 184 g/mol. The lowest BCUT2D eigenvalue weighted by Crippen LogP contribution is -2.18. The predicted molar refractivity (Wildman–Crippen MR) is 62.1 cm³/mol. The summed E-state index contributed by atoms with van der Waals surface area (Å²) in [6, 6.07) is 0. The number of hydrogen-bond donors (Lipinski definition) is 0. The second-order valence-corrected chi connectivity index (χ2v) is 4.41. The monoisotopic (exact) mass is 184 g/mol. The van der Waals surface area contributed by atoms with E-state index < -0.39 is 0 Å². The van der Waals surface area contributed by atoms with Gasteiger partial charge in [-0.25, -0.2) is 0 Å². The van der Waals surface area contributed by atoms with E-state index in [9.17, 15) is 0 Å². The van der Waals surface area contributed by atoms with Crippen LogP contribution in [-0.2, 0) is 0 Å². The molecule has 0 unspecified atom stereocenters. The van der Waals surface area contributed by atoms with Crippen LogP contribution in [0.4, 0.5) is 0 Å². The highest BCUT2D eigenvalue weighted by atomic mass is 14.3. The van der Waals surface area contributed by atoms with Crippen LogP contribution in [0.25, 0.3) is 0 Å². The molecule has 0 atom stereocenters. The molecule has 0 aliphatic carbocycles. The molecule has 0 aromatic rings. The summed E-state index contributed by atoms with van der Waals surface area (Å²) < 4.78 is 0. The van der Waals surface area contributed by atoms with E-state index in [4.69, 9.17) is 0 Å². The Morgan fingerprint density at radius 3 is 1.69 bits per heavy atom. The predicted octanol–water partition coefficient (Wildman–Crippen LogP) is 5.17. The van der Waals surface area contributed by atoms with Crippen molar-refractivity contribution >= 4 is 0 Å². The third-order valence-corrected chi connectivity index (χ3v) is 3.59. The Morgan fingerprint density at radius 2 is 1.31 bits per heavy atom. The van der Waals surface area contributed by atoms with Gasteiger partial charge in [0.15, 0.2) is 0 Å². The van der Waals surface area contributed by atoms with Crippen molar-refractivity contribution in [2.45, 2.75) is 79.1 Å². The van der Waals surface area contributed by atoms with Gasteiger partial charge >= 0.3 is 0 Å². The van der Waals surface area contributed by atoms with E-state index in [0.717, 1.165) is 0 Å². The van der Waals surface area contributed by atoms with Gasteiger partial charge in [0.05, 0.1) is 0 Å². The Morgan fingerprint density at radius 1 is 0.692 bits per heavy atom. The maximum absolute atomic E-state index is 2.37. The standard InChI is InChI=1S/C13H28/c1-5-9-10-12-13(7-3,8-4)11-6-2/h5-12H2,1-4H3. The highest BCUT2D eigenvalue weighted by molar-refractivity contribution is 4.75. The summed E-state index contributed by atoms with van der Waals surface area (Å²) >= 11 is 0. The van der Waals surface area contributed by atoms with E-state index in [2.05, 4.69) is 27.7 Å². The largest absolute Gasteiger partial charge is 0.0654 e. The molecule has 0 fully saturated rings. The highest BCUT2D eigenvalue weighted by Gasteiger charge is 2.23. The van der Waals surface area contributed by atoms with Gasteiger partial charge in [-0.15, -0.1) is 0 Å². The normalized spacial score (nSPS) is 12.0. The molecule has 0 aromatic heterocycles. The van der Waals surface area contributed by atoms with E-state index in [1.165, 1.54) is 51.4 Å². The molecule has 80 valence electrons. The van der Waals surface area contributed by atoms with Crippen molar-refractivity contribution in [3.63, 3.8) is 0 Å². The first-order valence-corrected chi connectivity index (χ1v) is 6.24. The Labute approximate surface area is 85.1 Å². The zero-order chi connectivity index (χ0) is 10.2. The van der Waals surface area contributed by atoms with Gasteiger partial charge in [0.1, 0.15) is 0 Å². The van der Waals surface area contributed by atoms with Crippen LogP contribution >= 0.6 is 0 Å². The minimum Gasteiger partial charge on any atom is -0.0654 e. The molecule has 0 saturated carbocycles. The minimum atomic E-state index is 0.684. The summed E-state index contributed by atoms with van der Waals surface area (Å²) in [4.78, 5) is 0. The lowest BCUT2D eigenvalue weighted by atomic mass is 9.74. The fourth-order valence-electron chi connectivity index (χ4n) is 2.36. The van der Waals surface area contributed by atoms with Crippen molar-refractivity contribution in [3.05, 3.63) is 0 Å². The second-order valence-electron chi connectivity index (χ2n) is 4.41. The molecule has 0 aromatic carbocycles. The molecule has 0 bridgehead atoms. The van der Waals surface area contributed by atoms with Crippen LogP contribution < -0.4 is 0 Å². The smallest absolute Gasteiger partial charge is 0.0303 e. The lowest BCUT2D eigenvalue weighted by molar-refractivity contribution is 0.208. The Hall–Kier alpha value is 0. The number of rotatable bonds is 8. The molecule has 0 aliphatic heterocycles. The topological polar surface area (TPSA) is 0 Å². The van der Waals surface area contributed by atoms with Gasteiger partial charge in [-0.2, -0.15) is 0 Å². The summed E-state index contributed by atoms with van der Waals surface area (Å²) in [5.41, 5.74) is 0.684. The van der Waals surface area contributed by atoms with E-state index in [-0.39, 0.29) is 0 Å². The van der Waals surface area contributed by atoms with Gasteiger partial charge < -0.3 is 0 Å². The van der Waals surface area contributed by atoms with Gasteiger partial charge in [0, 0.05) is 0 Å². The summed E-state index contributed by atoms with van der Waals surface area (Å²) in [7, 11) is 0. The van der Waals surface area contributed by atoms with Crippen LogP contribution in [0.15, 0.2) is 0 Å². The molecule has 0 radical (unpaired) electrons. The second kappa shape index (κ2) is 7.41. The molecule has 0 aliphatic rings. The minimum absolute atomic E-state index is 0.684. The number of unbranched alkanes of at least 4 members (excludes halogenated alkanes) is 2. The first-order valence-electron chi connectivity index (χ1n) is 6.24. The van der Waals surface area contributed by atoms with Crippen molar-refractivity contribution in [1.82, 2.24) is 0 Å². The Bertz CT molecular complexity index is 101. The fraction of sp³-hybridized carbons (Fsp3) is 1.00. The third-order valence-electron chi connectivity index (χ3n) is 3.59. The zero-order valence-corrected chi connectivity index (χ0v) is 10.2. The van der Waals surface area contributed by atoms with Gasteiger partial charge in [-0.05, 0) is 18.3 Å². The number of hydrogen-bond acceptors (Lipinski definition) is 0. The van der Waals surface area contributed by atoms with E-state index in [0.29, 0.717) is 5.41 Å². The van der Waals surface area contributed by atoms with Crippen molar-refractivity contribution in [1.29, 1.82) is 0 Å². The molecule has 0 nitrogen and oxygen atoms in total. The van der Waals surface area contributed by atoms with Crippen LogP contribution in [0.1, 0.15) is 79.1 Å². The maximum Gasteiger partial charge on any atom is -0.0303 e. The molecular formula is C13H28. The molecule has 0 heteroatoms. The van der Waals surface area contributed by atoms with Gasteiger partial charge in [-0.3, -0.25) is 0 Å². The van der Waals surface area contributed by atoms with Gasteiger partial charge in [-0.1, -0.05) is 66.2 Å². The molecule has 0 amide bonds. The van der Waals surface area contributed by atoms with E-state index >= 15 is 0 Å². The quantitative estimate of drug-likeness (QED) is 0.456. The van der Waals surface area contributed by atoms with Crippen LogP contribution in [0.5, 0.6) is 0 Å². The van der Waals surface area contributed by atoms with Crippen LogP contribution in [0, 0.1) is 5.41 Å². The summed E-state index contributed by atoms with van der Waals surface area (Å²) in [6.07, 6.45) is 11.2. The molecule has 13 heavy (non-hydrogen) atoms. The van der Waals surface area contributed by atoms with Crippen molar-refractivity contribution in [2.24, 2.45) is 5.41 Å². The van der Waals surface area contributed by atoms with Crippen LogP contribution in [0.3, 0.4) is 0 Å². The molecule has 0 spiro atoms. The molecule has 0 N–H and O–H groups in total. The summed E-state index contributed by atoms with van der Waals surface area (Å²) in [5.74, 6) is 0. The van der Waals surface area contributed by atoms with Crippen molar-refractivity contribution in [2.75, 3.05) is 0 Å². The maximum atomic E-state index is 2.37. The summed E-state index contributed by atoms with van der Waals surface area (Å²) in [5, 5.41) is 0. The van der Waals surface area contributed by atoms with Gasteiger partial charge in [0.25, 0.3) is 0 Å².